The maximum atomic E-state index is 5.62. The lowest BCUT2D eigenvalue weighted by atomic mass is 10.1. The van der Waals surface area contributed by atoms with Gasteiger partial charge >= 0.3 is 0 Å². The van der Waals surface area contributed by atoms with E-state index >= 15 is 0 Å². The summed E-state index contributed by atoms with van der Waals surface area (Å²) in [6, 6.07) is 2.03. The van der Waals surface area contributed by atoms with Crippen molar-refractivity contribution in [1.82, 2.24) is 10.3 Å². The van der Waals surface area contributed by atoms with Crippen LogP contribution in [0.15, 0.2) is 24.5 Å². The highest BCUT2D eigenvalue weighted by atomic mass is 16.5. The molecule has 0 bridgehead atoms. The van der Waals surface area contributed by atoms with Gasteiger partial charge < -0.3 is 10.1 Å². The zero-order valence-electron chi connectivity index (χ0n) is 10.5. The molecule has 92 valence electrons. The van der Waals surface area contributed by atoms with Crippen molar-refractivity contribution in [3.05, 3.63) is 30.1 Å². The number of nitrogens with one attached hydrogen (secondary N) is 1. The molecule has 1 N–H and O–H groups in total. The number of hydrogen-bond acceptors (Lipinski definition) is 3. The van der Waals surface area contributed by atoms with Crippen molar-refractivity contribution in [2.75, 3.05) is 13.1 Å². The van der Waals surface area contributed by atoms with E-state index in [9.17, 15) is 0 Å². The minimum atomic E-state index is 0.190. The van der Waals surface area contributed by atoms with Gasteiger partial charge in [0.15, 0.2) is 0 Å². The molecular formula is C14H20N2O. The van der Waals surface area contributed by atoms with Crippen LogP contribution in [0.25, 0.3) is 6.08 Å². The number of pyridine rings is 1. The molecule has 1 atom stereocenters. The van der Waals surface area contributed by atoms with Crippen LogP contribution in [0.4, 0.5) is 0 Å². The van der Waals surface area contributed by atoms with Gasteiger partial charge in [-0.05, 0) is 44.4 Å². The topological polar surface area (TPSA) is 34.1 Å². The third-order valence-corrected chi connectivity index (χ3v) is 2.77. The highest BCUT2D eigenvalue weighted by Crippen LogP contribution is 2.16. The van der Waals surface area contributed by atoms with Gasteiger partial charge in [-0.25, -0.2) is 0 Å². The summed E-state index contributed by atoms with van der Waals surface area (Å²) in [7, 11) is 0. The summed E-state index contributed by atoms with van der Waals surface area (Å²) < 4.78 is 5.62. The molecule has 2 rings (SSSR count). The molecule has 1 aliphatic rings. The van der Waals surface area contributed by atoms with Gasteiger partial charge in [0, 0.05) is 12.7 Å². The summed E-state index contributed by atoms with van der Waals surface area (Å²) in [6.07, 6.45) is 9.44. The molecular weight excluding hydrogens is 212 g/mol. The molecule has 1 aromatic heterocycles. The van der Waals surface area contributed by atoms with Gasteiger partial charge in [-0.15, -0.1) is 0 Å². The van der Waals surface area contributed by atoms with E-state index in [4.69, 9.17) is 4.74 Å². The van der Waals surface area contributed by atoms with Crippen molar-refractivity contribution in [2.24, 2.45) is 5.92 Å². The van der Waals surface area contributed by atoms with E-state index in [1.165, 1.54) is 6.42 Å². The Kier molecular flexibility index (Phi) is 4.15. The molecule has 0 spiro atoms. The molecule has 1 fully saturated rings. The van der Waals surface area contributed by atoms with E-state index in [0.29, 0.717) is 5.92 Å². The predicted molar refractivity (Wildman–Crippen MR) is 70.0 cm³/mol. The second kappa shape index (κ2) is 5.82. The van der Waals surface area contributed by atoms with Crippen molar-refractivity contribution in [3.63, 3.8) is 0 Å². The summed E-state index contributed by atoms with van der Waals surface area (Å²) in [5, 5.41) is 3.35. The summed E-state index contributed by atoms with van der Waals surface area (Å²) in [6.45, 7) is 6.26. The number of rotatable bonds is 4. The Hall–Kier alpha value is -1.35. The van der Waals surface area contributed by atoms with Crippen LogP contribution in [-0.2, 0) is 0 Å². The lowest BCUT2D eigenvalue weighted by Crippen LogP contribution is -2.07. The van der Waals surface area contributed by atoms with Crippen LogP contribution in [0.5, 0.6) is 5.75 Å². The first kappa shape index (κ1) is 12.1. The second-order valence-corrected chi connectivity index (χ2v) is 4.73. The van der Waals surface area contributed by atoms with Gasteiger partial charge in [0.1, 0.15) is 5.75 Å². The fourth-order valence-corrected chi connectivity index (χ4v) is 1.95. The first-order valence-corrected chi connectivity index (χ1v) is 6.24. The molecule has 0 radical (unpaired) electrons. The third kappa shape index (κ3) is 3.86. The fraction of sp³-hybridized carbons (Fsp3) is 0.500. The van der Waals surface area contributed by atoms with Crippen LogP contribution in [0.1, 0.15) is 25.8 Å². The average Bonchev–Trinajstić information content (AvgIpc) is 2.79. The van der Waals surface area contributed by atoms with E-state index in [-0.39, 0.29) is 6.10 Å². The van der Waals surface area contributed by atoms with E-state index in [0.717, 1.165) is 24.4 Å². The molecule has 0 amide bonds. The van der Waals surface area contributed by atoms with Crippen LogP contribution < -0.4 is 10.1 Å². The van der Waals surface area contributed by atoms with Gasteiger partial charge in [0.05, 0.1) is 12.3 Å². The molecule has 1 saturated heterocycles. The van der Waals surface area contributed by atoms with Crippen molar-refractivity contribution in [1.29, 1.82) is 0 Å². The molecule has 1 unspecified atom stereocenters. The predicted octanol–water partition coefficient (Wildman–Crippen LogP) is 2.49. The summed E-state index contributed by atoms with van der Waals surface area (Å²) in [5.74, 6) is 1.50. The van der Waals surface area contributed by atoms with Gasteiger partial charge in [0.25, 0.3) is 0 Å². The quantitative estimate of drug-likeness (QED) is 0.866. The Bertz CT molecular complexity index is 382. The Balaban J connectivity index is 2.00. The van der Waals surface area contributed by atoms with Crippen LogP contribution >= 0.6 is 0 Å². The Morgan fingerprint density at radius 3 is 3.06 bits per heavy atom. The lowest BCUT2D eigenvalue weighted by Gasteiger charge is -2.09. The van der Waals surface area contributed by atoms with Gasteiger partial charge in [-0.2, -0.15) is 0 Å². The van der Waals surface area contributed by atoms with Gasteiger partial charge in [-0.1, -0.05) is 12.2 Å². The Labute approximate surface area is 103 Å². The zero-order chi connectivity index (χ0) is 12.1. The zero-order valence-corrected chi connectivity index (χ0v) is 10.5. The fourth-order valence-electron chi connectivity index (χ4n) is 1.95. The minimum Gasteiger partial charge on any atom is -0.489 e. The van der Waals surface area contributed by atoms with Crippen molar-refractivity contribution < 1.29 is 4.74 Å². The van der Waals surface area contributed by atoms with E-state index < -0.39 is 0 Å². The first-order valence-electron chi connectivity index (χ1n) is 6.24. The Morgan fingerprint density at radius 2 is 2.35 bits per heavy atom. The molecule has 3 nitrogen and oxygen atoms in total. The molecule has 1 aromatic rings. The summed E-state index contributed by atoms with van der Waals surface area (Å²) >= 11 is 0. The SMILES string of the molecule is CC(C)Oc1cncc(C=CC2CCNC2)c1. The van der Waals surface area contributed by atoms with Crippen LogP contribution in [0.3, 0.4) is 0 Å². The molecule has 0 aromatic carbocycles. The Morgan fingerprint density at radius 1 is 1.47 bits per heavy atom. The molecule has 17 heavy (non-hydrogen) atoms. The van der Waals surface area contributed by atoms with E-state index in [1.807, 2.05) is 26.1 Å². The first-order chi connectivity index (χ1) is 8.24. The van der Waals surface area contributed by atoms with E-state index in [2.05, 4.69) is 22.5 Å². The standard InChI is InChI=1S/C14H20N2O/c1-11(2)17-14-7-13(9-16-10-14)4-3-12-5-6-15-8-12/h3-4,7,9-12,15H,5-6,8H2,1-2H3. The van der Waals surface area contributed by atoms with Crippen molar-refractivity contribution in [2.45, 2.75) is 26.4 Å². The minimum absolute atomic E-state index is 0.190. The highest BCUT2D eigenvalue weighted by Gasteiger charge is 2.10. The average molecular weight is 232 g/mol. The molecule has 0 aliphatic carbocycles. The maximum Gasteiger partial charge on any atom is 0.138 e. The van der Waals surface area contributed by atoms with Crippen molar-refractivity contribution in [3.8, 4) is 5.75 Å². The summed E-state index contributed by atoms with van der Waals surface area (Å²) in [4.78, 5) is 4.19. The normalized spacial score (nSPS) is 20.3. The van der Waals surface area contributed by atoms with Crippen LogP contribution in [0.2, 0.25) is 0 Å². The molecule has 2 heterocycles. The number of aromatic nitrogens is 1. The number of ether oxygens (including phenoxy) is 1. The monoisotopic (exact) mass is 232 g/mol. The van der Waals surface area contributed by atoms with Gasteiger partial charge in [0.2, 0.25) is 0 Å². The summed E-state index contributed by atoms with van der Waals surface area (Å²) in [5.41, 5.74) is 1.11. The number of hydrogen-bond donors (Lipinski definition) is 1. The van der Waals surface area contributed by atoms with Gasteiger partial charge in [-0.3, -0.25) is 4.98 Å². The highest BCUT2D eigenvalue weighted by molar-refractivity contribution is 5.50. The lowest BCUT2D eigenvalue weighted by molar-refractivity contribution is 0.241. The molecule has 0 saturated carbocycles. The second-order valence-electron chi connectivity index (χ2n) is 4.73. The van der Waals surface area contributed by atoms with Crippen LogP contribution in [-0.4, -0.2) is 24.2 Å². The molecule has 3 heteroatoms. The van der Waals surface area contributed by atoms with Crippen LogP contribution in [0, 0.1) is 5.92 Å². The smallest absolute Gasteiger partial charge is 0.138 e. The number of nitrogens with zero attached hydrogens (tertiary/aromatic N) is 1. The molecule has 1 aliphatic heterocycles. The third-order valence-electron chi connectivity index (χ3n) is 2.77. The van der Waals surface area contributed by atoms with E-state index in [1.54, 1.807) is 6.20 Å². The largest absolute Gasteiger partial charge is 0.489 e. The maximum absolute atomic E-state index is 5.62. The van der Waals surface area contributed by atoms with Crippen molar-refractivity contribution >= 4 is 6.08 Å².